The molecule has 0 spiro atoms. The van der Waals surface area contributed by atoms with Gasteiger partial charge in [0.05, 0.1) is 10.7 Å². The Hall–Kier alpha value is -2.51. The van der Waals surface area contributed by atoms with Gasteiger partial charge in [-0.3, -0.25) is 10.9 Å². The van der Waals surface area contributed by atoms with E-state index in [1.165, 1.54) is 0 Å². The van der Waals surface area contributed by atoms with Crippen LogP contribution in [0.3, 0.4) is 0 Å². The highest BCUT2D eigenvalue weighted by atomic mass is 35.5. The van der Waals surface area contributed by atoms with E-state index in [0.29, 0.717) is 27.4 Å². The van der Waals surface area contributed by atoms with Crippen LogP contribution in [0, 0.1) is 0 Å². The van der Waals surface area contributed by atoms with Gasteiger partial charge in [0.25, 0.3) is 0 Å². The quantitative estimate of drug-likeness (QED) is 0.434. The zero-order chi connectivity index (χ0) is 17.4. The van der Waals surface area contributed by atoms with E-state index in [1.807, 2.05) is 37.3 Å². The number of aromatic nitrogens is 1. The number of benzene rings is 1. The van der Waals surface area contributed by atoms with Crippen LogP contribution in [0.15, 0.2) is 58.9 Å². The Labute approximate surface area is 151 Å². The molecule has 2 aromatic rings. The second kappa shape index (κ2) is 8.95. The van der Waals surface area contributed by atoms with Gasteiger partial charge in [-0.2, -0.15) is 10.2 Å². The highest BCUT2D eigenvalue weighted by Crippen LogP contribution is 2.10. The number of anilines is 1. The van der Waals surface area contributed by atoms with Crippen molar-refractivity contribution in [2.75, 3.05) is 12.5 Å². The molecule has 0 aliphatic carbocycles. The van der Waals surface area contributed by atoms with E-state index in [4.69, 9.17) is 23.8 Å². The van der Waals surface area contributed by atoms with Crippen LogP contribution >= 0.6 is 23.8 Å². The number of halogens is 1. The molecule has 3 N–H and O–H groups in total. The fourth-order valence-electron chi connectivity index (χ4n) is 1.75. The molecule has 0 amide bonds. The third-order valence-electron chi connectivity index (χ3n) is 2.95. The maximum Gasteiger partial charge on any atom is 0.186 e. The molecule has 0 aliphatic rings. The molecule has 0 radical (unpaired) electrons. The Balaban J connectivity index is 2.27. The van der Waals surface area contributed by atoms with Gasteiger partial charge in [-0.25, -0.2) is 4.98 Å². The van der Waals surface area contributed by atoms with Gasteiger partial charge in [0.15, 0.2) is 5.11 Å². The predicted molar refractivity (Wildman–Crippen MR) is 104 cm³/mol. The number of hydrogen-bond acceptors (Lipinski definition) is 5. The summed E-state index contributed by atoms with van der Waals surface area (Å²) in [6, 6.07) is 13.2. The van der Waals surface area contributed by atoms with Gasteiger partial charge in [0, 0.05) is 18.8 Å². The van der Waals surface area contributed by atoms with E-state index in [0.717, 1.165) is 5.56 Å². The molecule has 0 fully saturated rings. The molecular weight excluding hydrogens is 344 g/mol. The number of hydrogen-bond donors (Lipinski definition) is 3. The number of hydrazone groups is 2. The molecule has 1 aromatic carbocycles. The lowest BCUT2D eigenvalue weighted by Crippen LogP contribution is -2.30. The summed E-state index contributed by atoms with van der Waals surface area (Å²) >= 11 is 10.9. The topological polar surface area (TPSA) is 73.7 Å². The molecule has 8 heteroatoms. The summed E-state index contributed by atoms with van der Waals surface area (Å²) < 4.78 is 0. The summed E-state index contributed by atoms with van der Waals surface area (Å²) in [5.41, 5.74) is 7.92. The van der Waals surface area contributed by atoms with Crippen LogP contribution in [-0.4, -0.2) is 28.6 Å². The second-order valence-corrected chi connectivity index (χ2v) is 5.53. The summed E-state index contributed by atoms with van der Waals surface area (Å²) in [5, 5.41) is 12.5. The Kier molecular flexibility index (Phi) is 6.65. The molecule has 0 unspecified atom stereocenters. The van der Waals surface area contributed by atoms with Crippen molar-refractivity contribution < 1.29 is 0 Å². The van der Waals surface area contributed by atoms with Crippen molar-refractivity contribution in [1.82, 2.24) is 15.7 Å². The Morgan fingerprint density at radius 2 is 1.88 bits per heavy atom. The van der Waals surface area contributed by atoms with Crippen LogP contribution < -0.4 is 16.2 Å². The van der Waals surface area contributed by atoms with E-state index in [1.54, 1.807) is 25.4 Å². The Morgan fingerprint density at radius 1 is 1.12 bits per heavy atom. The molecule has 6 nitrogen and oxygen atoms in total. The van der Waals surface area contributed by atoms with Gasteiger partial charge in [0.1, 0.15) is 11.5 Å². The molecule has 0 bridgehead atoms. The van der Waals surface area contributed by atoms with Crippen molar-refractivity contribution in [3.05, 3.63) is 59.2 Å². The lowest BCUT2D eigenvalue weighted by molar-refractivity contribution is 0.976. The number of pyridine rings is 1. The van der Waals surface area contributed by atoms with Crippen molar-refractivity contribution in [3.63, 3.8) is 0 Å². The fraction of sp³-hybridized carbons (Fsp3) is 0.125. The standard InChI is InChI=1S/C16H17ClN6S/c1-11(20-23-16(24)18-2)15(12-6-4-3-5-7-12)22-21-14-9-8-13(17)10-19-14/h3-10H,1-2H3,(H,19,21)(H2,18,23,24)/b20-11+,22-15-. The van der Waals surface area contributed by atoms with Crippen LogP contribution in [0.4, 0.5) is 5.82 Å². The summed E-state index contributed by atoms with van der Waals surface area (Å²) in [7, 11) is 1.72. The van der Waals surface area contributed by atoms with Crippen molar-refractivity contribution in [3.8, 4) is 0 Å². The zero-order valence-corrected chi connectivity index (χ0v) is 14.8. The lowest BCUT2D eigenvalue weighted by atomic mass is 10.1. The second-order valence-electron chi connectivity index (χ2n) is 4.69. The Morgan fingerprint density at radius 3 is 2.50 bits per heavy atom. The summed E-state index contributed by atoms with van der Waals surface area (Å²) in [5.74, 6) is 0.583. The first-order chi connectivity index (χ1) is 11.6. The fourth-order valence-corrected chi connectivity index (χ4v) is 1.91. The number of rotatable bonds is 5. The lowest BCUT2D eigenvalue weighted by Gasteiger charge is -2.09. The van der Waals surface area contributed by atoms with Gasteiger partial charge in [-0.15, -0.1) is 0 Å². The van der Waals surface area contributed by atoms with E-state index in [9.17, 15) is 0 Å². The number of nitrogens with one attached hydrogen (secondary N) is 3. The Bertz CT molecular complexity index is 743. The van der Waals surface area contributed by atoms with Crippen molar-refractivity contribution >= 4 is 46.2 Å². The maximum atomic E-state index is 5.83. The van der Waals surface area contributed by atoms with Gasteiger partial charge in [-0.1, -0.05) is 41.9 Å². The number of thiocarbonyl (C=S) groups is 1. The third-order valence-corrected chi connectivity index (χ3v) is 3.47. The monoisotopic (exact) mass is 360 g/mol. The summed E-state index contributed by atoms with van der Waals surface area (Å²) in [6.45, 7) is 1.84. The van der Waals surface area contributed by atoms with Gasteiger partial charge in [0.2, 0.25) is 0 Å². The maximum absolute atomic E-state index is 5.83. The first-order valence-corrected chi connectivity index (χ1v) is 7.92. The SMILES string of the molecule is CNC(=S)N/N=C(C)/C(=N/Nc1ccc(Cl)cn1)c1ccccc1. The minimum absolute atomic E-state index is 0.425. The highest BCUT2D eigenvalue weighted by Gasteiger charge is 2.08. The van der Waals surface area contributed by atoms with E-state index < -0.39 is 0 Å². The molecule has 2 rings (SSSR count). The van der Waals surface area contributed by atoms with Crippen LogP contribution in [-0.2, 0) is 0 Å². The summed E-state index contributed by atoms with van der Waals surface area (Å²) in [4.78, 5) is 4.15. The van der Waals surface area contributed by atoms with E-state index in [-0.39, 0.29) is 0 Å². The molecule has 1 aromatic heterocycles. The van der Waals surface area contributed by atoms with Crippen LogP contribution in [0.1, 0.15) is 12.5 Å². The van der Waals surface area contributed by atoms with Crippen LogP contribution in [0.2, 0.25) is 5.02 Å². The molecule has 0 saturated carbocycles. The van der Waals surface area contributed by atoms with E-state index in [2.05, 4.69) is 31.4 Å². The molecule has 124 valence electrons. The van der Waals surface area contributed by atoms with Crippen LogP contribution in [0.25, 0.3) is 0 Å². The molecular formula is C16H17ClN6S. The first kappa shape index (κ1) is 17.8. The normalized spacial score (nSPS) is 11.8. The first-order valence-electron chi connectivity index (χ1n) is 7.13. The van der Waals surface area contributed by atoms with Crippen molar-refractivity contribution in [1.29, 1.82) is 0 Å². The predicted octanol–water partition coefficient (Wildman–Crippen LogP) is 3.02. The molecule has 24 heavy (non-hydrogen) atoms. The largest absolute Gasteiger partial charge is 0.364 e. The van der Waals surface area contributed by atoms with Crippen LogP contribution in [0.5, 0.6) is 0 Å². The van der Waals surface area contributed by atoms with Crippen molar-refractivity contribution in [2.24, 2.45) is 10.2 Å². The summed E-state index contributed by atoms with van der Waals surface area (Å²) in [6.07, 6.45) is 1.55. The molecule has 0 saturated heterocycles. The average Bonchev–Trinajstić information content (AvgIpc) is 2.62. The van der Waals surface area contributed by atoms with Gasteiger partial charge in [-0.05, 0) is 31.3 Å². The van der Waals surface area contributed by atoms with Gasteiger partial charge >= 0.3 is 0 Å². The third kappa shape index (κ3) is 5.29. The molecule has 0 aliphatic heterocycles. The number of nitrogens with zero attached hydrogens (tertiary/aromatic N) is 3. The smallest absolute Gasteiger partial charge is 0.186 e. The minimum atomic E-state index is 0.425. The average molecular weight is 361 g/mol. The zero-order valence-electron chi connectivity index (χ0n) is 13.2. The van der Waals surface area contributed by atoms with Crippen molar-refractivity contribution in [2.45, 2.75) is 6.92 Å². The molecule has 0 atom stereocenters. The van der Waals surface area contributed by atoms with Gasteiger partial charge < -0.3 is 5.32 Å². The molecule has 1 heterocycles. The minimum Gasteiger partial charge on any atom is -0.364 e. The highest BCUT2D eigenvalue weighted by molar-refractivity contribution is 7.80. The van der Waals surface area contributed by atoms with E-state index >= 15 is 0 Å².